The summed E-state index contributed by atoms with van der Waals surface area (Å²) in [5, 5.41) is 0. The van der Waals surface area contributed by atoms with Crippen LogP contribution in [-0.2, 0) is 12.4 Å². The van der Waals surface area contributed by atoms with Gasteiger partial charge in [-0.25, -0.2) is 0 Å². The fraction of sp³-hybridized carbons (Fsp3) is 0.250. The summed E-state index contributed by atoms with van der Waals surface area (Å²) in [6.07, 6.45) is -9.04. The van der Waals surface area contributed by atoms with Gasteiger partial charge in [-0.1, -0.05) is 18.2 Å². The molecule has 0 unspecified atom stereocenters. The van der Waals surface area contributed by atoms with Crippen molar-refractivity contribution in [1.82, 2.24) is 0 Å². The molecule has 0 aliphatic carbocycles. The molecule has 7 heteroatoms. The minimum absolute atomic E-state index is 0.00633. The molecule has 0 atom stereocenters. The van der Waals surface area contributed by atoms with Crippen molar-refractivity contribution < 1.29 is 26.3 Å². The zero-order chi connectivity index (χ0) is 17.4. The van der Waals surface area contributed by atoms with Crippen LogP contribution in [0.1, 0.15) is 11.1 Å². The Balaban J connectivity index is 2.49. The highest BCUT2D eigenvalue weighted by molar-refractivity contribution is 5.69. The Morgan fingerprint density at radius 1 is 0.696 bits per heavy atom. The van der Waals surface area contributed by atoms with Gasteiger partial charge in [0.2, 0.25) is 0 Å². The van der Waals surface area contributed by atoms with Crippen molar-refractivity contribution in [2.45, 2.75) is 12.4 Å². The predicted octanol–water partition coefficient (Wildman–Crippen LogP) is 5.46. The van der Waals surface area contributed by atoms with Gasteiger partial charge in [-0.05, 0) is 35.4 Å². The number of hydrogen-bond donors (Lipinski definition) is 0. The van der Waals surface area contributed by atoms with Crippen LogP contribution in [0.5, 0.6) is 0 Å². The van der Waals surface area contributed by atoms with Gasteiger partial charge in [0, 0.05) is 19.8 Å². The molecule has 0 fully saturated rings. The van der Waals surface area contributed by atoms with Gasteiger partial charge in [-0.15, -0.1) is 0 Å². The summed E-state index contributed by atoms with van der Waals surface area (Å²) in [6.45, 7) is 0. The van der Waals surface area contributed by atoms with Crippen molar-refractivity contribution in [2.24, 2.45) is 0 Å². The molecule has 0 radical (unpaired) electrons. The summed E-state index contributed by atoms with van der Waals surface area (Å²) in [5.74, 6) is 0. The monoisotopic (exact) mass is 333 g/mol. The Morgan fingerprint density at radius 2 is 1.22 bits per heavy atom. The van der Waals surface area contributed by atoms with Crippen molar-refractivity contribution in [3.8, 4) is 11.1 Å². The molecule has 0 heterocycles. The summed E-state index contributed by atoms with van der Waals surface area (Å²) in [4.78, 5) is 1.33. The molecule has 1 nitrogen and oxygen atoms in total. The van der Waals surface area contributed by atoms with E-state index in [1.807, 2.05) is 0 Å². The zero-order valence-corrected chi connectivity index (χ0v) is 12.3. The van der Waals surface area contributed by atoms with Crippen LogP contribution in [0.2, 0.25) is 0 Å². The van der Waals surface area contributed by atoms with E-state index in [1.54, 1.807) is 0 Å². The molecule has 0 aliphatic rings. The first-order valence-corrected chi connectivity index (χ1v) is 6.56. The second-order valence-corrected chi connectivity index (χ2v) is 5.20. The van der Waals surface area contributed by atoms with Gasteiger partial charge in [0.05, 0.1) is 11.1 Å². The van der Waals surface area contributed by atoms with Crippen LogP contribution in [0, 0.1) is 0 Å². The van der Waals surface area contributed by atoms with E-state index < -0.39 is 23.5 Å². The maximum absolute atomic E-state index is 13.1. The predicted molar refractivity (Wildman–Crippen MR) is 76.2 cm³/mol. The lowest BCUT2D eigenvalue weighted by molar-refractivity contribution is -0.138. The van der Waals surface area contributed by atoms with Crippen molar-refractivity contribution >= 4 is 5.69 Å². The lowest BCUT2D eigenvalue weighted by Crippen LogP contribution is -2.16. The maximum atomic E-state index is 13.1. The van der Waals surface area contributed by atoms with E-state index in [4.69, 9.17) is 0 Å². The molecule has 0 spiro atoms. The smallest absolute Gasteiger partial charge is 0.377 e. The molecule has 0 amide bonds. The molecule has 124 valence electrons. The topological polar surface area (TPSA) is 3.24 Å². The van der Waals surface area contributed by atoms with Crippen LogP contribution in [0.3, 0.4) is 0 Å². The number of halogens is 6. The fourth-order valence-electron chi connectivity index (χ4n) is 2.18. The molecule has 2 rings (SSSR count). The summed E-state index contributed by atoms with van der Waals surface area (Å²) in [6, 6.07) is 7.72. The van der Waals surface area contributed by atoms with Crippen LogP contribution in [0.25, 0.3) is 11.1 Å². The molecule has 23 heavy (non-hydrogen) atoms. The number of benzene rings is 2. The van der Waals surface area contributed by atoms with Gasteiger partial charge in [0.25, 0.3) is 0 Å². The van der Waals surface area contributed by atoms with Gasteiger partial charge < -0.3 is 4.90 Å². The third-order valence-corrected chi connectivity index (χ3v) is 3.33. The number of alkyl halides is 6. The molecule has 0 N–H and O–H groups in total. The first kappa shape index (κ1) is 17.2. The molecule has 0 bridgehead atoms. The van der Waals surface area contributed by atoms with Crippen LogP contribution < -0.4 is 4.90 Å². The summed E-state index contributed by atoms with van der Waals surface area (Å²) in [5.41, 5.74) is -1.19. The van der Waals surface area contributed by atoms with Gasteiger partial charge in [0.15, 0.2) is 0 Å². The quantitative estimate of drug-likeness (QED) is 0.660. The Morgan fingerprint density at radius 3 is 1.65 bits per heavy atom. The van der Waals surface area contributed by atoms with Crippen LogP contribution in [-0.4, -0.2) is 14.1 Å². The molecule has 0 saturated heterocycles. The van der Waals surface area contributed by atoms with Crippen LogP contribution in [0.15, 0.2) is 42.5 Å². The van der Waals surface area contributed by atoms with E-state index >= 15 is 0 Å². The zero-order valence-electron chi connectivity index (χ0n) is 12.3. The van der Waals surface area contributed by atoms with E-state index in [1.165, 1.54) is 31.1 Å². The molecule has 0 aromatic heterocycles. The molecule has 0 aliphatic heterocycles. The Labute approximate surface area is 129 Å². The Bertz CT molecular complexity index is 683. The van der Waals surface area contributed by atoms with Gasteiger partial charge in [0.1, 0.15) is 0 Å². The van der Waals surface area contributed by atoms with Crippen molar-refractivity contribution in [1.29, 1.82) is 0 Å². The third kappa shape index (κ3) is 3.78. The van der Waals surface area contributed by atoms with Crippen molar-refractivity contribution in [3.63, 3.8) is 0 Å². The Kier molecular flexibility index (Phi) is 4.32. The van der Waals surface area contributed by atoms with Gasteiger partial charge in [-0.2, -0.15) is 26.3 Å². The number of rotatable bonds is 2. The normalized spacial score (nSPS) is 12.3. The van der Waals surface area contributed by atoms with E-state index in [0.717, 1.165) is 30.3 Å². The molecule has 0 saturated carbocycles. The summed E-state index contributed by atoms with van der Waals surface area (Å²) in [7, 11) is 2.98. The van der Waals surface area contributed by atoms with Crippen molar-refractivity contribution in [2.75, 3.05) is 19.0 Å². The van der Waals surface area contributed by atoms with E-state index in [9.17, 15) is 26.3 Å². The summed E-state index contributed by atoms with van der Waals surface area (Å²) < 4.78 is 77.0. The van der Waals surface area contributed by atoms with Crippen LogP contribution in [0.4, 0.5) is 32.0 Å². The summed E-state index contributed by atoms with van der Waals surface area (Å²) >= 11 is 0. The molecule has 2 aromatic carbocycles. The van der Waals surface area contributed by atoms with Crippen LogP contribution >= 0.6 is 0 Å². The molecular formula is C16H13F6N. The van der Waals surface area contributed by atoms with Gasteiger partial charge in [-0.3, -0.25) is 0 Å². The highest BCUT2D eigenvalue weighted by Crippen LogP contribution is 2.39. The number of anilines is 1. The first-order valence-electron chi connectivity index (χ1n) is 6.56. The van der Waals surface area contributed by atoms with E-state index in [0.29, 0.717) is 0 Å². The number of nitrogens with zero attached hydrogens (tertiary/aromatic N) is 1. The standard InChI is InChI=1S/C16H13F6N/c1-23(2)14-8-5-11(9-13(14)16(20,21)22)10-3-6-12(7-4-10)15(17,18)19/h3-9H,1-2H3. The lowest BCUT2D eigenvalue weighted by atomic mass is 10.00. The average molecular weight is 333 g/mol. The van der Waals surface area contributed by atoms with Gasteiger partial charge >= 0.3 is 12.4 Å². The Hall–Kier alpha value is -2.18. The minimum atomic E-state index is -4.55. The largest absolute Gasteiger partial charge is 0.418 e. The highest BCUT2D eigenvalue weighted by Gasteiger charge is 2.34. The van der Waals surface area contributed by atoms with E-state index in [2.05, 4.69) is 0 Å². The SMILES string of the molecule is CN(C)c1ccc(-c2ccc(C(F)(F)F)cc2)cc1C(F)(F)F. The van der Waals surface area contributed by atoms with E-state index in [-0.39, 0.29) is 16.8 Å². The maximum Gasteiger partial charge on any atom is 0.418 e. The minimum Gasteiger partial charge on any atom is -0.377 e. The first-order chi connectivity index (χ1) is 10.5. The molecule has 2 aromatic rings. The average Bonchev–Trinajstić information content (AvgIpc) is 2.45. The third-order valence-electron chi connectivity index (χ3n) is 3.33. The lowest BCUT2D eigenvalue weighted by Gasteiger charge is -2.20. The fourth-order valence-corrected chi connectivity index (χ4v) is 2.18. The highest BCUT2D eigenvalue weighted by atomic mass is 19.4. The second-order valence-electron chi connectivity index (χ2n) is 5.20. The number of hydrogen-bond acceptors (Lipinski definition) is 1. The van der Waals surface area contributed by atoms with Crippen molar-refractivity contribution in [3.05, 3.63) is 53.6 Å². The second kappa shape index (κ2) is 5.79. The molecular weight excluding hydrogens is 320 g/mol.